The van der Waals surface area contributed by atoms with Crippen LogP contribution >= 0.6 is 22.9 Å². The second-order valence-electron chi connectivity index (χ2n) is 6.99. The van der Waals surface area contributed by atoms with Crippen molar-refractivity contribution in [2.45, 2.75) is 18.3 Å². The molecule has 0 spiro atoms. The van der Waals surface area contributed by atoms with Gasteiger partial charge in [-0.05, 0) is 35.4 Å². The SMILES string of the molecule is NCC1(c2ccc(-c3c(O)cc(Cl)c4ncc5sccc5c34)cc2)CC1. The summed E-state index contributed by atoms with van der Waals surface area (Å²) in [6.07, 6.45) is 4.14. The molecule has 3 nitrogen and oxygen atoms in total. The van der Waals surface area contributed by atoms with Crippen molar-refractivity contribution in [3.05, 3.63) is 58.6 Å². The van der Waals surface area contributed by atoms with E-state index in [4.69, 9.17) is 17.3 Å². The quantitative estimate of drug-likeness (QED) is 0.495. The van der Waals surface area contributed by atoms with Crippen LogP contribution in [0.1, 0.15) is 18.4 Å². The van der Waals surface area contributed by atoms with Crippen molar-refractivity contribution in [3.8, 4) is 16.9 Å². The number of phenols is 1. The molecule has 2 heterocycles. The Hall–Kier alpha value is -2.14. The second kappa shape index (κ2) is 5.68. The lowest BCUT2D eigenvalue weighted by Crippen LogP contribution is -2.19. The zero-order chi connectivity index (χ0) is 17.9. The Kier molecular flexibility index (Phi) is 3.51. The average molecular weight is 381 g/mol. The van der Waals surface area contributed by atoms with E-state index in [9.17, 15) is 5.11 Å². The highest BCUT2D eigenvalue weighted by Gasteiger charge is 2.42. The fraction of sp³-hybridized carbons (Fsp3) is 0.190. The van der Waals surface area contributed by atoms with Crippen LogP contribution in [0, 0.1) is 0 Å². The molecule has 5 heteroatoms. The smallest absolute Gasteiger partial charge is 0.125 e. The fourth-order valence-electron chi connectivity index (χ4n) is 3.81. The minimum absolute atomic E-state index is 0.158. The molecule has 2 aromatic carbocycles. The van der Waals surface area contributed by atoms with Crippen LogP contribution in [-0.2, 0) is 5.41 Å². The standard InChI is InChI=1S/C21H17ClN2OS/c22-15-9-16(25)18(19-14-5-8-26-17(14)10-24-20(15)19)12-1-3-13(4-2-12)21(11-23)6-7-21/h1-5,8-10,25H,6-7,11,23H2. The number of nitrogens with zero attached hydrogens (tertiary/aromatic N) is 1. The Morgan fingerprint density at radius 2 is 1.96 bits per heavy atom. The van der Waals surface area contributed by atoms with Gasteiger partial charge < -0.3 is 10.8 Å². The van der Waals surface area contributed by atoms with Crippen molar-refractivity contribution in [2.24, 2.45) is 5.73 Å². The van der Waals surface area contributed by atoms with Crippen LogP contribution in [0.2, 0.25) is 5.02 Å². The highest BCUT2D eigenvalue weighted by molar-refractivity contribution is 7.17. The Bertz CT molecular complexity index is 1150. The minimum atomic E-state index is 0.158. The maximum Gasteiger partial charge on any atom is 0.125 e. The number of aromatic hydroxyl groups is 1. The number of rotatable bonds is 3. The molecule has 0 aliphatic heterocycles. The summed E-state index contributed by atoms with van der Waals surface area (Å²) in [6, 6.07) is 12.1. The summed E-state index contributed by atoms with van der Waals surface area (Å²) in [5.74, 6) is 0.177. The van der Waals surface area contributed by atoms with Gasteiger partial charge in [0, 0.05) is 40.6 Å². The molecule has 0 radical (unpaired) electrons. The van der Waals surface area contributed by atoms with Gasteiger partial charge in [-0.3, -0.25) is 4.98 Å². The Morgan fingerprint density at radius 1 is 1.19 bits per heavy atom. The molecule has 5 rings (SSSR count). The summed E-state index contributed by atoms with van der Waals surface area (Å²) in [6.45, 7) is 0.681. The monoisotopic (exact) mass is 380 g/mol. The lowest BCUT2D eigenvalue weighted by atomic mass is 9.92. The molecule has 4 aromatic rings. The summed E-state index contributed by atoms with van der Waals surface area (Å²) in [7, 11) is 0. The van der Waals surface area contributed by atoms with E-state index in [1.165, 1.54) is 5.56 Å². The maximum atomic E-state index is 10.7. The number of nitrogens with two attached hydrogens (primary N) is 1. The normalized spacial score (nSPS) is 15.6. The van der Waals surface area contributed by atoms with Crippen molar-refractivity contribution < 1.29 is 5.11 Å². The first kappa shape index (κ1) is 16.1. The van der Waals surface area contributed by atoms with E-state index in [1.54, 1.807) is 17.4 Å². The number of phenolic OH excluding ortho intramolecular Hbond substituents is 1. The molecule has 1 saturated carbocycles. The van der Waals surface area contributed by atoms with Gasteiger partial charge in [0.25, 0.3) is 0 Å². The van der Waals surface area contributed by atoms with Gasteiger partial charge in [0.15, 0.2) is 0 Å². The van der Waals surface area contributed by atoms with Crippen molar-refractivity contribution in [1.82, 2.24) is 4.98 Å². The third kappa shape index (κ3) is 2.26. The summed E-state index contributed by atoms with van der Waals surface area (Å²) in [4.78, 5) is 4.54. The van der Waals surface area contributed by atoms with Crippen molar-refractivity contribution in [2.75, 3.05) is 6.54 Å². The Labute approximate surface area is 160 Å². The first-order valence-corrected chi connectivity index (χ1v) is 9.87. The van der Waals surface area contributed by atoms with Crippen LogP contribution in [0.25, 0.3) is 32.1 Å². The number of halogens is 1. The molecule has 1 fully saturated rings. The Morgan fingerprint density at radius 3 is 2.65 bits per heavy atom. The molecule has 130 valence electrons. The van der Waals surface area contributed by atoms with Gasteiger partial charge in [-0.2, -0.15) is 0 Å². The molecule has 1 aliphatic rings. The first-order chi connectivity index (χ1) is 12.6. The van der Waals surface area contributed by atoms with E-state index >= 15 is 0 Å². The number of hydrogen-bond donors (Lipinski definition) is 2. The van der Waals surface area contributed by atoms with Crippen LogP contribution < -0.4 is 5.73 Å². The third-order valence-corrected chi connectivity index (χ3v) is 6.68. The molecule has 0 saturated heterocycles. The molecule has 0 amide bonds. The van der Waals surface area contributed by atoms with Crippen LogP contribution in [0.5, 0.6) is 5.75 Å². The van der Waals surface area contributed by atoms with Gasteiger partial charge >= 0.3 is 0 Å². The van der Waals surface area contributed by atoms with E-state index < -0.39 is 0 Å². The zero-order valence-electron chi connectivity index (χ0n) is 14.0. The lowest BCUT2D eigenvalue weighted by molar-refractivity contribution is 0.478. The average Bonchev–Trinajstić information content (AvgIpc) is 3.30. The molecule has 0 bridgehead atoms. The van der Waals surface area contributed by atoms with E-state index in [0.717, 1.165) is 45.0 Å². The zero-order valence-corrected chi connectivity index (χ0v) is 15.6. The maximum absolute atomic E-state index is 10.7. The summed E-state index contributed by atoms with van der Waals surface area (Å²) in [5, 5.41) is 15.2. The van der Waals surface area contributed by atoms with Crippen molar-refractivity contribution in [1.29, 1.82) is 0 Å². The second-order valence-corrected chi connectivity index (χ2v) is 8.35. The van der Waals surface area contributed by atoms with Crippen LogP contribution in [0.4, 0.5) is 0 Å². The van der Waals surface area contributed by atoms with E-state index in [1.807, 2.05) is 11.6 Å². The topological polar surface area (TPSA) is 59.1 Å². The molecule has 3 N–H and O–H groups in total. The summed E-state index contributed by atoms with van der Waals surface area (Å²) >= 11 is 8.00. The van der Waals surface area contributed by atoms with Gasteiger partial charge in [0.1, 0.15) is 5.75 Å². The van der Waals surface area contributed by atoms with Gasteiger partial charge in [-0.15, -0.1) is 11.3 Å². The number of pyridine rings is 1. The van der Waals surface area contributed by atoms with Gasteiger partial charge in [-0.25, -0.2) is 0 Å². The molecule has 26 heavy (non-hydrogen) atoms. The van der Waals surface area contributed by atoms with E-state index in [0.29, 0.717) is 11.6 Å². The van der Waals surface area contributed by atoms with Gasteiger partial charge in [-0.1, -0.05) is 35.9 Å². The molecular formula is C21H17ClN2OS. The lowest BCUT2D eigenvalue weighted by Gasteiger charge is -2.15. The van der Waals surface area contributed by atoms with Crippen molar-refractivity contribution in [3.63, 3.8) is 0 Å². The third-order valence-electron chi connectivity index (χ3n) is 5.54. The number of aromatic nitrogens is 1. The largest absolute Gasteiger partial charge is 0.507 e. The molecule has 0 atom stereocenters. The number of fused-ring (bicyclic) bond motifs is 3. The highest BCUT2D eigenvalue weighted by Crippen LogP contribution is 2.48. The predicted molar refractivity (Wildman–Crippen MR) is 109 cm³/mol. The fourth-order valence-corrected chi connectivity index (χ4v) is 4.82. The van der Waals surface area contributed by atoms with Crippen LogP contribution in [-0.4, -0.2) is 16.6 Å². The number of hydrogen-bond acceptors (Lipinski definition) is 4. The number of thiophene rings is 1. The summed E-state index contributed by atoms with van der Waals surface area (Å²) in [5.41, 5.74) is 9.85. The minimum Gasteiger partial charge on any atom is -0.507 e. The van der Waals surface area contributed by atoms with Crippen LogP contribution in [0.15, 0.2) is 48.0 Å². The highest BCUT2D eigenvalue weighted by atomic mass is 35.5. The summed E-state index contributed by atoms with van der Waals surface area (Å²) < 4.78 is 1.08. The van der Waals surface area contributed by atoms with E-state index in [2.05, 4.69) is 35.3 Å². The van der Waals surface area contributed by atoms with Crippen LogP contribution in [0.3, 0.4) is 0 Å². The molecular weight excluding hydrogens is 364 g/mol. The van der Waals surface area contributed by atoms with Gasteiger partial charge in [0.2, 0.25) is 0 Å². The van der Waals surface area contributed by atoms with E-state index in [-0.39, 0.29) is 11.2 Å². The molecule has 1 aliphatic carbocycles. The molecule has 2 aromatic heterocycles. The predicted octanol–water partition coefficient (Wildman–Crippen LogP) is 5.47. The molecule has 0 unspecified atom stereocenters. The first-order valence-electron chi connectivity index (χ1n) is 8.61. The van der Waals surface area contributed by atoms with Gasteiger partial charge in [0.05, 0.1) is 15.2 Å². The van der Waals surface area contributed by atoms with Crippen molar-refractivity contribution >= 4 is 43.9 Å². The Balaban J connectivity index is 1.77. The number of benzene rings is 2.